The number of nitro benzene ring substituents is 1. The third kappa shape index (κ3) is 4.01. The van der Waals surface area contributed by atoms with Crippen LogP contribution in [0.15, 0.2) is 18.2 Å². The summed E-state index contributed by atoms with van der Waals surface area (Å²) in [6.45, 7) is 1.78. The number of nitro groups is 1. The maximum absolute atomic E-state index is 11.8. The van der Waals surface area contributed by atoms with Crippen LogP contribution in [0.3, 0.4) is 0 Å². The fraction of sp³-hybridized carbons (Fsp3) is 0.417. The zero-order valence-electron chi connectivity index (χ0n) is 11.0. The van der Waals surface area contributed by atoms with Crippen LogP contribution < -0.4 is 5.32 Å². The van der Waals surface area contributed by atoms with Gasteiger partial charge in [-0.15, -0.1) is 0 Å². The second kappa shape index (κ2) is 6.81. The normalized spacial score (nSPS) is 10.5. The summed E-state index contributed by atoms with van der Waals surface area (Å²) in [6, 6.07) is 4.20. The number of benzene rings is 1. The Morgan fingerprint density at radius 3 is 2.53 bits per heavy atom. The summed E-state index contributed by atoms with van der Waals surface area (Å²) in [5.41, 5.74) is 0.782. The van der Waals surface area contributed by atoms with Crippen LogP contribution in [0.4, 0.5) is 5.69 Å². The minimum absolute atomic E-state index is 0.0109. The molecule has 0 saturated heterocycles. The number of amides is 1. The molecule has 0 heterocycles. The third-order valence-corrected chi connectivity index (χ3v) is 2.61. The molecule has 0 aliphatic heterocycles. The van der Waals surface area contributed by atoms with Gasteiger partial charge in [-0.1, -0.05) is 0 Å². The Labute approximate surface area is 110 Å². The Morgan fingerprint density at radius 2 is 2.05 bits per heavy atom. The van der Waals surface area contributed by atoms with Gasteiger partial charge in [0.25, 0.3) is 11.6 Å². The quantitative estimate of drug-likeness (QED) is 0.476. The second-order valence-corrected chi connectivity index (χ2v) is 3.87. The van der Waals surface area contributed by atoms with Crippen molar-refractivity contribution < 1.29 is 19.2 Å². The van der Waals surface area contributed by atoms with Crippen LogP contribution in [-0.4, -0.2) is 37.9 Å². The van der Waals surface area contributed by atoms with Crippen LogP contribution in [0.1, 0.15) is 15.9 Å². The molecule has 0 fully saturated rings. The number of ether oxygens (including phenoxy) is 2. The van der Waals surface area contributed by atoms with Crippen LogP contribution in [0, 0.1) is 17.0 Å². The van der Waals surface area contributed by atoms with Crippen LogP contribution in [0.5, 0.6) is 0 Å². The molecule has 1 aromatic rings. The largest absolute Gasteiger partial charge is 0.354 e. The van der Waals surface area contributed by atoms with Gasteiger partial charge in [-0.25, -0.2) is 0 Å². The molecule has 7 nitrogen and oxygen atoms in total. The van der Waals surface area contributed by atoms with Crippen molar-refractivity contribution in [2.24, 2.45) is 0 Å². The summed E-state index contributed by atoms with van der Waals surface area (Å²) in [5.74, 6) is -0.336. The number of methoxy groups -OCH3 is 2. The average molecular weight is 268 g/mol. The van der Waals surface area contributed by atoms with Crippen molar-refractivity contribution in [3.8, 4) is 0 Å². The molecule has 7 heteroatoms. The first-order valence-corrected chi connectivity index (χ1v) is 5.58. The van der Waals surface area contributed by atoms with Crippen molar-refractivity contribution in [3.63, 3.8) is 0 Å². The van der Waals surface area contributed by atoms with Crippen LogP contribution in [0.25, 0.3) is 0 Å². The molecule has 1 aromatic carbocycles. The number of hydrogen-bond acceptors (Lipinski definition) is 5. The topological polar surface area (TPSA) is 90.7 Å². The summed E-state index contributed by atoms with van der Waals surface area (Å²) < 4.78 is 9.87. The summed E-state index contributed by atoms with van der Waals surface area (Å²) in [5, 5.41) is 13.3. The van der Waals surface area contributed by atoms with E-state index in [0.29, 0.717) is 11.1 Å². The van der Waals surface area contributed by atoms with Crippen molar-refractivity contribution in [2.75, 3.05) is 20.8 Å². The van der Waals surface area contributed by atoms with Gasteiger partial charge in [0.1, 0.15) is 0 Å². The van der Waals surface area contributed by atoms with Crippen molar-refractivity contribution in [2.45, 2.75) is 13.2 Å². The Kier molecular flexibility index (Phi) is 5.40. The minimum atomic E-state index is -0.525. The first kappa shape index (κ1) is 15.1. The molecule has 1 amide bonds. The van der Waals surface area contributed by atoms with Gasteiger partial charge in [0.05, 0.1) is 11.5 Å². The highest BCUT2D eigenvalue weighted by molar-refractivity contribution is 5.94. The van der Waals surface area contributed by atoms with Gasteiger partial charge in [-0.05, 0) is 19.1 Å². The smallest absolute Gasteiger partial charge is 0.272 e. The molecular weight excluding hydrogens is 252 g/mol. The van der Waals surface area contributed by atoms with Gasteiger partial charge in [0.15, 0.2) is 6.29 Å². The van der Waals surface area contributed by atoms with Crippen molar-refractivity contribution >= 4 is 11.6 Å². The average Bonchev–Trinajstić information content (AvgIpc) is 2.39. The lowest BCUT2D eigenvalue weighted by molar-refractivity contribution is -0.385. The lowest BCUT2D eigenvalue weighted by Gasteiger charge is -2.14. The van der Waals surface area contributed by atoms with Crippen LogP contribution in [-0.2, 0) is 9.47 Å². The summed E-state index contributed by atoms with van der Waals surface area (Å²) in [7, 11) is 2.94. The minimum Gasteiger partial charge on any atom is -0.354 e. The second-order valence-electron chi connectivity index (χ2n) is 3.87. The summed E-state index contributed by atoms with van der Waals surface area (Å²) in [4.78, 5) is 22.0. The Balaban J connectivity index is 2.73. The molecule has 0 saturated carbocycles. The lowest BCUT2D eigenvalue weighted by Crippen LogP contribution is -2.34. The molecule has 1 N–H and O–H groups in total. The van der Waals surface area contributed by atoms with Crippen molar-refractivity contribution in [1.29, 1.82) is 0 Å². The molecule has 0 aliphatic rings. The van der Waals surface area contributed by atoms with Gasteiger partial charge in [-0.3, -0.25) is 14.9 Å². The Hall–Kier alpha value is -1.99. The van der Waals surface area contributed by atoms with E-state index < -0.39 is 11.2 Å². The standard InChI is InChI=1S/C12H16N2O5/c1-8-6-9(4-5-10(8)14(16)17)12(15)13-7-11(18-2)19-3/h4-6,11H,7H2,1-3H3,(H,13,15). The number of nitrogens with zero attached hydrogens (tertiary/aromatic N) is 1. The highest BCUT2D eigenvalue weighted by Crippen LogP contribution is 2.18. The molecule has 0 radical (unpaired) electrons. The maximum Gasteiger partial charge on any atom is 0.272 e. The fourth-order valence-corrected chi connectivity index (χ4v) is 1.54. The van der Waals surface area contributed by atoms with Gasteiger partial charge in [-0.2, -0.15) is 0 Å². The first-order valence-electron chi connectivity index (χ1n) is 5.58. The number of hydrogen-bond donors (Lipinski definition) is 1. The molecule has 0 spiro atoms. The zero-order valence-corrected chi connectivity index (χ0v) is 11.0. The number of carbonyl (C=O) groups is 1. The lowest BCUT2D eigenvalue weighted by atomic mass is 10.1. The maximum atomic E-state index is 11.8. The van der Waals surface area contributed by atoms with E-state index in [2.05, 4.69) is 5.32 Å². The summed E-state index contributed by atoms with van der Waals surface area (Å²) in [6.07, 6.45) is -0.525. The fourth-order valence-electron chi connectivity index (χ4n) is 1.54. The van der Waals surface area contributed by atoms with E-state index in [1.807, 2.05) is 0 Å². The number of aryl methyl sites for hydroxylation is 1. The number of nitrogens with one attached hydrogen (secondary N) is 1. The van der Waals surface area contributed by atoms with E-state index >= 15 is 0 Å². The van der Waals surface area contributed by atoms with Gasteiger partial charge >= 0.3 is 0 Å². The van der Waals surface area contributed by atoms with E-state index in [1.54, 1.807) is 6.92 Å². The number of carbonyl (C=O) groups excluding carboxylic acids is 1. The Bertz CT molecular complexity index is 471. The molecule has 0 aliphatic carbocycles. The predicted molar refractivity (Wildman–Crippen MR) is 68.0 cm³/mol. The summed E-state index contributed by atoms with van der Waals surface area (Å²) >= 11 is 0. The van der Waals surface area contributed by atoms with Crippen molar-refractivity contribution in [1.82, 2.24) is 5.32 Å². The van der Waals surface area contributed by atoms with Gasteiger partial charge < -0.3 is 14.8 Å². The zero-order chi connectivity index (χ0) is 14.4. The third-order valence-electron chi connectivity index (χ3n) is 2.61. The van der Waals surface area contributed by atoms with Crippen LogP contribution >= 0.6 is 0 Å². The van der Waals surface area contributed by atoms with Crippen molar-refractivity contribution in [3.05, 3.63) is 39.4 Å². The first-order chi connectivity index (χ1) is 8.99. The van der Waals surface area contributed by atoms with Crippen LogP contribution in [0.2, 0.25) is 0 Å². The SMILES string of the molecule is COC(CNC(=O)c1ccc([N+](=O)[O-])c(C)c1)OC. The Morgan fingerprint density at radius 1 is 1.42 bits per heavy atom. The number of rotatable bonds is 6. The molecule has 19 heavy (non-hydrogen) atoms. The van der Waals surface area contributed by atoms with E-state index in [0.717, 1.165) is 0 Å². The monoisotopic (exact) mass is 268 g/mol. The molecular formula is C12H16N2O5. The van der Waals surface area contributed by atoms with Gasteiger partial charge in [0.2, 0.25) is 0 Å². The highest BCUT2D eigenvalue weighted by Gasteiger charge is 2.14. The molecule has 1 rings (SSSR count). The molecule has 104 valence electrons. The van der Waals surface area contributed by atoms with Gasteiger partial charge in [0, 0.05) is 31.4 Å². The molecule has 0 aromatic heterocycles. The van der Waals surface area contributed by atoms with E-state index in [4.69, 9.17) is 9.47 Å². The van der Waals surface area contributed by atoms with E-state index in [1.165, 1.54) is 32.4 Å². The molecule has 0 unspecified atom stereocenters. The highest BCUT2D eigenvalue weighted by atomic mass is 16.7. The van der Waals surface area contributed by atoms with E-state index in [9.17, 15) is 14.9 Å². The molecule has 0 atom stereocenters. The van der Waals surface area contributed by atoms with E-state index in [-0.39, 0.29) is 18.1 Å². The predicted octanol–water partition coefficient (Wildman–Crippen LogP) is 1.25. The molecule has 0 bridgehead atoms.